The first-order valence-corrected chi connectivity index (χ1v) is 7.72. The first kappa shape index (κ1) is 16.6. The van der Waals surface area contributed by atoms with Gasteiger partial charge in [-0.15, -0.1) is 10.2 Å². The average Bonchev–Trinajstić information content (AvgIpc) is 2.94. The van der Waals surface area contributed by atoms with E-state index < -0.39 is 28.9 Å². The monoisotopic (exact) mass is 366 g/mol. The van der Waals surface area contributed by atoms with E-state index in [2.05, 4.69) is 15.2 Å². The molecule has 0 saturated heterocycles. The molecule has 0 radical (unpaired) electrons. The van der Waals surface area contributed by atoms with Crippen molar-refractivity contribution in [2.75, 3.05) is 0 Å². The van der Waals surface area contributed by atoms with E-state index in [1.807, 2.05) is 0 Å². The van der Waals surface area contributed by atoms with Crippen LogP contribution in [-0.4, -0.2) is 19.7 Å². The molecule has 1 aromatic carbocycles. The van der Waals surface area contributed by atoms with E-state index in [-0.39, 0.29) is 11.3 Å². The molecule has 0 fully saturated rings. The van der Waals surface area contributed by atoms with Gasteiger partial charge in [-0.2, -0.15) is 13.2 Å². The third-order valence-corrected chi connectivity index (χ3v) is 4.37. The molecule has 0 saturated carbocycles. The Labute approximate surface area is 144 Å². The van der Waals surface area contributed by atoms with Crippen molar-refractivity contribution in [2.45, 2.75) is 25.9 Å². The van der Waals surface area contributed by atoms with Gasteiger partial charge in [0, 0.05) is 18.2 Å². The minimum Gasteiger partial charge on any atom is -0.280 e. The lowest BCUT2D eigenvalue weighted by Gasteiger charge is -2.21. The molecule has 3 aromatic rings. The molecule has 0 bridgehead atoms. The summed E-state index contributed by atoms with van der Waals surface area (Å²) in [6.07, 6.45) is -2.67. The molecule has 134 valence electrons. The summed E-state index contributed by atoms with van der Waals surface area (Å²) in [5.74, 6) is -1.15. The van der Waals surface area contributed by atoms with Crippen LogP contribution in [0.3, 0.4) is 0 Å². The molecule has 0 amide bonds. The van der Waals surface area contributed by atoms with Crippen molar-refractivity contribution in [2.24, 2.45) is 0 Å². The number of rotatable bonds is 1. The second-order valence-electron chi connectivity index (χ2n) is 6.01. The number of nitrogens with zero attached hydrogens (tertiary/aromatic N) is 4. The summed E-state index contributed by atoms with van der Waals surface area (Å²) >= 11 is 0. The van der Waals surface area contributed by atoms with Crippen LogP contribution in [0.2, 0.25) is 0 Å². The van der Waals surface area contributed by atoms with Crippen LogP contribution in [0.5, 0.6) is 0 Å². The van der Waals surface area contributed by atoms with Crippen molar-refractivity contribution in [3.63, 3.8) is 0 Å². The number of aromatic nitrogens is 4. The Kier molecular flexibility index (Phi) is 3.57. The van der Waals surface area contributed by atoms with Gasteiger partial charge in [-0.05, 0) is 36.6 Å². The molecule has 4 nitrogen and oxygen atoms in total. The summed E-state index contributed by atoms with van der Waals surface area (Å²) in [5.41, 5.74) is -1.30. The van der Waals surface area contributed by atoms with Crippen LogP contribution in [0, 0.1) is 18.6 Å². The van der Waals surface area contributed by atoms with E-state index in [4.69, 9.17) is 0 Å². The molecule has 0 atom stereocenters. The molecular formula is C17H11F5N4. The largest absolute Gasteiger partial charge is 0.419 e. The zero-order chi connectivity index (χ0) is 18.6. The van der Waals surface area contributed by atoms with Crippen LogP contribution >= 0.6 is 0 Å². The van der Waals surface area contributed by atoms with Crippen LogP contribution in [0.15, 0.2) is 24.5 Å². The minimum atomic E-state index is -4.92. The van der Waals surface area contributed by atoms with Gasteiger partial charge in [-0.25, -0.2) is 8.78 Å². The van der Waals surface area contributed by atoms with E-state index in [0.29, 0.717) is 36.3 Å². The van der Waals surface area contributed by atoms with Gasteiger partial charge in [-0.1, -0.05) is 0 Å². The van der Waals surface area contributed by atoms with Crippen molar-refractivity contribution in [3.05, 3.63) is 58.9 Å². The van der Waals surface area contributed by atoms with Gasteiger partial charge in [0.2, 0.25) is 0 Å². The Morgan fingerprint density at radius 3 is 2.50 bits per heavy atom. The van der Waals surface area contributed by atoms with Crippen LogP contribution in [-0.2, 0) is 19.0 Å². The molecule has 0 spiro atoms. The van der Waals surface area contributed by atoms with E-state index in [1.165, 1.54) is 6.07 Å². The van der Waals surface area contributed by atoms with Gasteiger partial charge in [-0.3, -0.25) is 9.55 Å². The Morgan fingerprint density at radius 1 is 1.00 bits per heavy atom. The number of hydrogen-bond donors (Lipinski definition) is 0. The molecule has 3 heterocycles. The fourth-order valence-corrected chi connectivity index (χ4v) is 3.30. The number of benzene rings is 1. The fraction of sp³-hybridized carbons (Fsp3) is 0.235. The Bertz CT molecular complexity index is 1020. The lowest BCUT2D eigenvalue weighted by Crippen LogP contribution is -2.16. The quantitative estimate of drug-likeness (QED) is 0.611. The van der Waals surface area contributed by atoms with E-state index in [1.54, 1.807) is 11.5 Å². The van der Waals surface area contributed by atoms with Crippen LogP contribution in [0.25, 0.3) is 16.8 Å². The van der Waals surface area contributed by atoms with Crippen LogP contribution in [0.1, 0.15) is 22.8 Å². The van der Waals surface area contributed by atoms with Gasteiger partial charge in [0.05, 0.1) is 11.9 Å². The van der Waals surface area contributed by atoms with E-state index in [0.717, 1.165) is 12.3 Å². The molecule has 0 unspecified atom stereocenters. The van der Waals surface area contributed by atoms with Crippen LogP contribution < -0.4 is 0 Å². The zero-order valence-electron chi connectivity index (χ0n) is 13.4. The summed E-state index contributed by atoms with van der Waals surface area (Å²) in [7, 11) is 0. The second-order valence-corrected chi connectivity index (χ2v) is 6.01. The predicted octanol–water partition coefficient (Wildman–Crippen LogP) is 4.03. The van der Waals surface area contributed by atoms with Crippen molar-refractivity contribution < 1.29 is 22.0 Å². The summed E-state index contributed by atoms with van der Waals surface area (Å²) in [6, 6.07) is 2.39. The third-order valence-electron chi connectivity index (χ3n) is 4.37. The summed E-state index contributed by atoms with van der Waals surface area (Å²) in [6.45, 7) is 1.66. The molecule has 1 aliphatic heterocycles. The molecule has 1 aliphatic rings. The highest BCUT2D eigenvalue weighted by Crippen LogP contribution is 2.40. The van der Waals surface area contributed by atoms with E-state index in [9.17, 15) is 22.0 Å². The number of pyridine rings is 1. The Balaban J connectivity index is 1.95. The second kappa shape index (κ2) is 5.58. The summed E-state index contributed by atoms with van der Waals surface area (Å²) in [4.78, 5) is 3.50. The third kappa shape index (κ3) is 2.46. The maximum absolute atomic E-state index is 14.8. The number of fused-ring (bicyclic) bond motifs is 3. The lowest BCUT2D eigenvalue weighted by atomic mass is 9.94. The normalized spacial score (nSPS) is 13.5. The van der Waals surface area contributed by atoms with Gasteiger partial charge < -0.3 is 0 Å². The van der Waals surface area contributed by atoms with Crippen molar-refractivity contribution in [3.8, 4) is 16.8 Å². The molecule has 9 heteroatoms. The highest BCUT2D eigenvalue weighted by atomic mass is 19.4. The zero-order valence-corrected chi connectivity index (χ0v) is 13.4. The summed E-state index contributed by atoms with van der Waals surface area (Å²) in [5, 5.41) is 7.89. The molecule has 2 aromatic heterocycles. The maximum Gasteiger partial charge on any atom is 0.419 e. The number of hydrogen-bond acceptors (Lipinski definition) is 3. The highest BCUT2D eigenvalue weighted by molar-refractivity contribution is 5.70. The number of halogens is 5. The molecule has 0 N–H and O–H groups in total. The standard InChI is InChI=1S/C17H11F5N4/c1-8-24-25-14-3-2-9-4-10(5-12(18)16(9)26(8)14)11-6-23-7-13(19)15(11)17(20,21)22/h4-7H,2-3H2,1H3. The SMILES string of the molecule is Cc1nnc2n1-c1c(F)cc(-c3cncc(F)c3C(F)(F)F)cc1CC2. The molecule has 26 heavy (non-hydrogen) atoms. The number of alkyl halides is 3. The Hall–Kier alpha value is -2.84. The van der Waals surface area contributed by atoms with Gasteiger partial charge >= 0.3 is 6.18 Å². The topological polar surface area (TPSA) is 43.6 Å². The lowest BCUT2D eigenvalue weighted by molar-refractivity contribution is -0.139. The molecule has 0 aliphatic carbocycles. The van der Waals surface area contributed by atoms with Gasteiger partial charge in [0.1, 0.15) is 23.0 Å². The van der Waals surface area contributed by atoms with Crippen molar-refractivity contribution >= 4 is 0 Å². The fourth-order valence-electron chi connectivity index (χ4n) is 3.30. The van der Waals surface area contributed by atoms with Crippen LogP contribution in [0.4, 0.5) is 22.0 Å². The Morgan fingerprint density at radius 2 is 1.77 bits per heavy atom. The first-order valence-electron chi connectivity index (χ1n) is 7.72. The number of aryl methyl sites for hydroxylation is 3. The predicted molar refractivity (Wildman–Crippen MR) is 81.7 cm³/mol. The van der Waals surface area contributed by atoms with Gasteiger partial charge in [0.15, 0.2) is 5.82 Å². The molecular weight excluding hydrogens is 355 g/mol. The van der Waals surface area contributed by atoms with E-state index >= 15 is 0 Å². The molecule has 4 rings (SSSR count). The van der Waals surface area contributed by atoms with Crippen molar-refractivity contribution in [1.82, 2.24) is 19.7 Å². The van der Waals surface area contributed by atoms with Gasteiger partial charge in [0.25, 0.3) is 0 Å². The van der Waals surface area contributed by atoms with Crippen molar-refractivity contribution in [1.29, 1.82) is 0 Å². The highest BCUT2D eigenvalue weighted by Gasteiger charge is 2.38. The smallest absolute Gasteiger partial charge is 0.280 e. The minimum absolute atomic E-state index is 0.0743. The maximum atomic E-state index is 14.8. The summed E-state index contributed by atoms with van der Waals surface area (Å²) < 4.78 is 69.9. The average molecular weight is 366 g/mol. The first-order chi connectivity index (χ1) is 12.3.